The SMILES string of the molecule is O/N=C1/CC/C=C\CCC1Sc1ccc(Cl)cc1. The largest absolute Gasteiger partial charge is 0.411 e. The first-order valence-corrected chi connectivity index (χ1v) is 7.33. The molecule has 0 heterocycles. The van der Waals surface area contributed by atoms with Crippen LogP contribution in [-0.2, 0) is 0 Å². The molecule has 2 nitrogen and oxygen atoms in total. The number of thioether (sulfide) groups is 1. The van der Waals surface area contributed by atoms with Gasteiger partial charge in [0, 0.05) is 9.92 Å². The van der Waals surface area contributed by atoms with Crippen LogP contribution in [0.3, 0.4) is 0 Å². The van der Waals surface area contributed by atoms with Crippen molar-refractivity contribution in [1.82, 2.24) is 0 Å². The lowest BCUT2D eigenvalue weighted by molar-refractivity contribution is 0.316. The Bertz CT molecular complexity index is 442. The minimum Gasteiger partial charge on any atom is -0.411 e. The Morgan fingerprint density at radius 2 is 1.89 bits per heavy atom. The fourth-order valence-electron chi connectivity index (χ4n) is 1.96. The van der Waals surface area contributed by atoms with E-state index in [1.807, 2.05) is 24.3 Å². The number of hydrogen-bond donors (Lipinski definition) is 1. The Balaban J connectivity index is 2.09. The van der Waals surface area contributed by atoms with Crippen molar-refractivity contribution in [2.45, 2.75) is 35.8 Å². The van der Waals surface area contributed by atoms with E-state index in [0.29, 0.717) is 0 Å². The normalized spacial score (nSPS) is 24.5. The van der Waals surface area contributed by atoms with E-state index in [0.717, 1.165) is 41.3 Å². The second-order valence-electron chi connectivity index (χ2n) is 4.24. The van der Waals surface area contributed by atoms with Gasteiger partial charge < -0.3 is 5.21 Å². The molecule has 1 unspecified atom stereocenters. The van der Waals surface area contributed by atoms with Crippen molar-refractivity contribution in [3.63, 3.8) is 0 Å². The molecule has 1 aliphatic carbocycles. The van der Waals surface area contributed by atoms with E-state index in [1.165, 1.54) is 0 Å². The fraction of sp³-hybridized carbons (Fsp3) is 0.357. The van der Waals surface area contributed by atoms with Crippen LogP contribution in [-0.4, -0.2) is 16.2 Å². The summed E-state index contributed by atoms with van der Waals surface area (Å²) in [5.41, 5.74) is 0.888. The van der Waals surface area contributed by atoms with Gasteiger partial charge in [-0.1, -0.05) is 28.9 Å². The van der Waals surface area contributed by atoms with Gasteiger partial charge >= 0.3 is 0 Å². The van der Waals surface area contributed by atoms with Crippen molar-refractivity contribution in [3.8, 4) is 0 Å². The number of rotatable bonds is 2. The molecule has 0 aliphatic heterocycles. The van der Waals surface area contributed by atoms with Crippen molar-refractivity contribution in [3.05, 3.63) is 41.4 Å². The highest BCUT2D eigenvalue weighted by molar-refractivity contribution is 8.00. The van der Waals surface area contributed by atoms with Crippen LogP contribution < -0.4 is 0 Å². The van der Waals surface area contributed by atoms with Crippen LogP contribution in [0.1, 0.15) is 25.7 Å². The molecule has 0 spiro atoms. The molecule has 0 saturated carbocycles. The van der Waals surface area contributed by atoms with E-state index in [9.17, 15) is 0 Å². The molecule has 4 heteroatoms. The summed E-state index contributed by atoms with van der Waals surface area (Å²) in [6, 6.07) is 7.80. The molecule has 2 rings (SSSR count). The minimum atomic E-state index is 0.251. The first-order chi connectivity index (χ1) is 8.79. The highest BCUT2D eigenvalue weighted by Crippen LogP contribution is 2.30. The number of oxime groups is 1. The fourth-order valence-corrected chi connectivity index (χ4v) is 3.26. The van der Waals surface area contributed by atoms with E-state index in [4.69, 9.17) is 16.8 Å². The van der Waals surface area contributed by atoms with E-state index in [2.05, 4.69) is 17.3 Å². The van der Waals surface area contributed by atoms with Crippen molar-refractivity contribution >= 4 is 29.1 Å². The van der Waals surface area contributed by atoms with Gasteiger partial charge in [-0.15, -0.1) is 11.8 Å². The smallest absolute Gasteiger partial charge is 0.0707 e. The summed E-state index contributed by atoms with van der Waals surface area (Å²) >= 11 is 7.62. The molecule has 0 fully saturated rings. The molecule has 1 N–H and O–H groups in total. The van der Waals surface area contributed by atoms with Crippen LogP contribution in [0.5, 0.6) is 0 Å². The summed E-state index contributed by atoms with van der Waals surface area (Å²) < 4.78 is 0. The molecule has 1 aromatic carbocycles. The third-order valence-electron chi connectivity index (χ3n) is 2.92. The van der Waals surface area contributed by atoms with Gasteiger partial charge in [0.2, 0.25) is 0 Å². The lowest BCUT2D eigenvalue weighted by Gasteiger charge is -2.18. The number of hydrogen-bond acceptors (Lipinski definition) is 3. The standard InChI is InChI=1S/C14H16ClNOS/c15-11-7-9-12(10-8-11)18-14-6-4-2-1-3-5-13(14)16-17/h1-2,7-10,14,17H,3-6H2/b2-1-,16-13-. The van der Waals surface area contributed by atoms with Gasteiger partial charge in [-0.25, -0.2) is 0 Å². The van der Waals surface area contributed by atoms with Crippen molar-refractivity contribution in [2.24, 2.45) is 5.16 Å². The van der Waals surface area contributed by atoms with Gasteiger partial charge in [-0.3, -0.25) is 0 Å². The Hall–Kier alpha value is -0.930. The molecular weight excluding hydrogens is 266 g/mol. The van der Waals surface area contributed by atoms with Gasteiger partial charge in [0.15, 0.2) is 0 Å². The van der Waals surface area contributed by atoms with Crippen LogP contribution in [0, 0.1) is 0 Å². The van der Waals surface area contributed by atoms with E-state index in [-0.39, 0.29) is 5.25 Å². The van der Waals surface area contributed by atoms with E-state index in [1.54, 1.807) is 11.8 Å². The Labute approximate surface area is 117 Å². The molecule has 18 heavy (non-hydrogen) atoms. The first kappa shape index (κ1) is 13.5. The average Bonchev–Trinajstić information content (AvgIpc) is 2.36. The van der Waals surface area contributed by atoms with Crippen LogP contribution in [0.15, 0.2) is 46.5 Å². The van der Waals surface area contributed by atoms with Gasteiger partial charge in [-0.2, -0.15) is 0 Å². The summed E-state index contributed by atoms with van der Waals surface area (Å²) in [4.78, 5) is 1.16. The van der Waals surface area contributed by atoms with Crippen LogP contribution in [0.25, 0.3) is 0 Å². The topological polar surface area (TPSA) is 32.6 Å². The van der Waals surface area contributed by atoms with Crippen LogP contribution in [0.2, 0.25) is 5.02 Å². The molecule has 0 radical (unpaired) electrons. The quantitative estimate of drug-likeness (QED) is 0.481. The van der Waals surface area contributed by atoms with E-state index < -0.39 is 0 Å². The maximum absolute atomic E-state index is 9.13. The van der Waals surface area contributed by atoms with Gasteiger partial charge in [-0.05, 0) is 49.9 Å². The molecule has 1 aliphatic rings. The highest BCUT2D eigenvalue weighted by atomic mass is 35.5. The molecule has 0 aromatic heterocycles. The van der Waals surface area contributed by atoms with Crippen molar-refractivity contribution < 1.29 is 5.21 Å². The second kappa shape index (κ2) is 6.86. The van der Waals surface area contributed by atoms with Gasteiger partial charge in [0.1, 0.15) is 0 Å². The zero-order valence-corrected chi connectivity index (χ0v) is 11.6. The van der Waals surface area contributed by atoms with Gasteiger partial charge in [0.25, 0.3) is 0 Å². The summed E-state index contributed by atoms with van der Waals surface area (Å²) in [5, 5.41) is 13.6. The minimum absolute atomic E-state index is 0.251. The van der Waals surface area contributed by atoms with Gasteiger partial charge in [0.05, 0.1) is 11.0 Å². The molecule has 1 atom stereocenters. The average molecular weight is 282 g/mol. The number of nitrogens with zero attached hydrogens (tertiary/aromatic N) is 1. The third kappa shape index (κ3) is 3.79. The maximum atomic E-state index is 9.13. The molecule has 0 saturated heterocycles. The Morgan fingerprint density at radius 3 is 2.61 bits per heavy atom. The number of allylic oxidation sites excluding steroid dienone is 2. The monoisotopic (exact) mass is 281 g/mol. The Kier molecular flexibility index (Phi) is 5.14. The predicted molar refractivity (Wildman–Crippen MR) is 77.9 cm³/mol. The molecule has 96 valence electrons. The molecular formula is C14H16ClNOS. The van der Waals surface area contributed by atoms with E-state index >= 15 is 0 Å². The Morgan fingerprint density at radius 1 is 1.17 bits per heavy atom. The second-order valence-corrected chi connectivity index (χ2v) is 5.95. The van der Waals surface area contributed by atoms with Crippen molar-refractivity contribution in [1.29, 1.82) is 0 Å². The third-order valence-corrected chi connectivity index (χ3v) is 4.51. The maximum Gasteiger partial charge on any atom is 0.0707 e. The predicted octanol–water partition coefficient (Wildman–Crippen LogP) is 4.76. The summed E-state index contributed by atoms with van der Waals surface area (Å²) in [6.07, 6.45) is 8.20. The van der Waals surface area contributed by atoms with Crippen LogP contribution in [0.4, 0.5) is 0 Å². The lowest BCUT2D eigenvalue weighted by atomic mass is 10.0. The first-order valence-electron chi connectivity index (χ1n) is 6.07. The number of halogens is 1. The lowest BCUT2D eigenvalue weighted by Crippen LogP contribution is -2.18. The summed E-state index contributed by atoms with van der Waals surface area (Å²) in [5.74, 6) is 0. The van der Waals surface area contributed by atoms with Crippen LogP contribution >= 0.6 is 23.4 Å². The zero-order chi connectivity index (χ0) is 12.8. The zero-order valence-electron chi connectivity index (χ0n) is 10.1. The summed E-state index contributed by atoms with van der Waals surface area (Å²) in [7, 11) is 0. The number of benzene rings is 1. The summed E-state index contributed by atoms with van der Waals surface area (Å²) in [6.45, 7) is 0. The van der Waals surface area contributed by atoms with Crippen molar-refractivity contribution in [2.75, 3.05) is 0 Å². The molecule has 1 aromatic rings. The highest BCUT2D eigenvalue weighted by Gasteiger charge is 2.18. The molecule has 0 bridgehead atoms. The molecule has 0 amide bonds.